The molecule has 3 fully saturated rings. The highest BCUT2D eigenvalue weighted by Gasteiger charge is 2.72. The van der Waals surface area contributed by atoms with Gasteiger partial charge in [-0.25, -0.2) is 9.79 Å². The van der Waals surface area contributed by atoms with Gasteiger partial charge >= 0.3 is 11.9 Å². The number of aryl methyl sites for hydroxylation is 1. The van der Waals surface area contributed by atoms with Gasteiger partial charge in [0.25, 0.3) is 0 Å². The summed E-state index contributed by atoms with van der Waals surface area (Å²) in [4.78, 5) is 45.1. The predicted molar refractivity (Wildman–Crippen MR) is 161 cm³/mol. The van der Waals surface area contributed by atoms with E-state index in [-0.39, 0.29) is 24.7 Å². The Morgan fingerprint density at radius 3 is 2.49 bits per heavy atom. The number of amides is 1. The molecule has 0 spiro atoms. The number of carbonyl (C=O) groups is 3. The van der Waals surface area contributed by atoms with E-state index >= 15 is 0 Å². The molecule has 1 saturated heterocycles. The number of carboxylic acid groups (broad SMARTS) is 2. The number of nitrogens with zero attached hydrogens (tertiary/aromatic N) is 3. The zero-order chi connectivity index (χ0) is 28.8. The Morgan fingerprint density at radius 2 is 1.88 bits per heavy atom. The molecule has 0 unspecified atom stereocenters. The smallest absolute Gasteiger partial charge is 0.329 e. The van der Waals surface area contributed by atoms with Crippen molar-refractivity contribution in [3.8, 4) is 0 Å². The van der Waals surface area contributed by atoms with Gasteiger partial charge in [0.05, 0.1) is 28.9 Å². The summed E-state index contributed by atoms with van der Waals surface area (Å²) >= 11 is 1.81. The van der Waals surface area contributed by atoms with Gasteiger partial charge in [0.15, 0.2) is 0 Å². The molecule has 6 N–H and O–H groups in total. The fraction of sp³-hybridized carbons (Fsp3) is 0.500. The van der Waals surface area contributed by atoms with Gasteiger partial charge in [-0.05, 0) is 57.9 Å². The Hall–Kier alpha value is -3.19. The van der Waals surface area contributed by atoms with E-state index in [1.165, 1.54) is 22.4 Å². The number of carboxylic acids is 2. The maximum Gasteiger partial charge on any atom is 0.329 e. The Bertz CT molecular complexity index is 1360. The topological polar surface area (TPSA) is 161 Å². The molecule has 2 aromatic rings. The van der Waals surface area contributed by atoms with Gasteiger partial charge in [0.1, 0.15) is 16.4 Å². The average molecular weight is 605 g/mol. The number of anilines is 2. The summed E-state index contributed by atoms with van der Waals surface area (Å²) in [5.74, 6) is -2.94. The fourth-order valence-corrected chi connectivity index (χ4v) is 7.01. The zero-order valence-corrected chi connectivity index (χ0v) is 24.9. The first-order valence-corrected chi connectivity index (χ1v) is 14.4. The van der Waals surface area contributed by atoms with Crippen molar-refractivity contribution in [2.75, 3.05) is 38.5 Å². The Balaban J connectivity index is 0.000000188. The fourth-order valence-electron chi connectivity index (χ4n) is 6.09. The van der Waals surface area contributed by atoms with Crippen LogP contribution in [0.3, 0.4) is 0 Å². The summed E-state index contributed by atoms with van der Waals surface area (Å²) in [5.41, 5.74) is 7.30. The third-order valence-electron chi connectivity index (χ3n) is 8.31. The van der Waals surface area contributed by atoms with Gasteiger partial charge in [0.2, 0.25) is 5.91 Å². The van der Waals surface area contributed by atoms with Crippen LogP contribution in [0.5, 0.6) is 0 Å². The maximum absolute atomic E-state index is 11.6. The number of aliphatic imine (C=N–C) groups is 1. The molecule has 5 atom stereocenters. The summed E-state index contributed by atoms with van der Waals surface area (Å²) < 4.78 is 0. The molecule has 3 heterocycles. The molecule has 4 aliphatic rings. The van der Waals surface area contributed by atoms with Crippen molar-refractivity contribution < 1.29 is 24.6 Å². The standard InChI is InChI=1S/C17H20N4S.C11H16N2O5.ClH/c1-12-11-13-16(21-9-7-20(2)8-10-21)18-14-5-3-4-6-15(14)19-17(13)22-12;1-4(12)8(14)13-11(10(17)18)3-2-5-6(7(5)11)9(15)16;/h3-6,11,19H,7-10H2,1-2H3;4-7H,2-3,12H2,1H3,(H,13,14)(H,15,16)(H,17,18);1H/t;4-,5-,6-,7-,11-;/m.0./s1. The minimum absolute atomic E-state index is 0. The molecule has 13 heteroatoms. The number of nitrogens with two attached hydrogens (primary N) is 1. The van der Waals surface area contributed by atoms with Crippen LogP contribution >= 0.6 is 23.7 Å². The molecule has 222 valence electrons. The van der Waals surface area contributed by atoms with E-state index in [9.17, 15) is 19.5 Å². The number of benzene rings is 1. The van der Waals surface area contributed by atoms with E-state index in [0.29, 0.717) is 6.42 Å². The molecule has 0 bridgehead atoms. The quantitative estimate of drug-likeness (QED) is 0.353. The molecule has 6 rings (SSSR count). The Kier molecular flexibility index (Phi) is 8.98. The molecule has 2 aliphatic heterocycles. The number of para-hydroxylation sites is 2. The molecule has 1 aromatic carbocycles. The van der Waals surface area contributed by atoms with Crippen molar-refractivity contribution in [1.29, 1.82) is 0 Å². The van der Waals surface area contributed by atoms with E-state index in [2.05, 4.69) is 64.7 Å². The lowest BCUT2D eigenvalue weighted by Gasteiger charge is -2.34. The number of fused-ring (bicyclic) bond motifs is 3. The lowest BCUT2D eigenvalue weighted by molar-refractivity contribution is -0.150. The number of carbonyl (C=O) groups excluding carboxylic acids is 1. The molecule has 0 radical (unpaired) electrons. The Morgan fingerprint density at radius 1 is 1.20 bits per heavy atom. The molecule has 11 nitrogen and oxygen atoms in total. The number of hydrogen-bond donors (Lipinski definition) is 5. The zero-order valence-electron chi connectivity index (χ0n) is 23.3. The first-order valence-electron chi connectivity index (χ1n) is 13.5. The van der Waals surface area contributed by atoms with Crippen LogP contribution in [0.15, 0.2) is 35.3 Å². The van der Waals surface area contributed by atoms with Gasteiger partial charge in [-0.2, -0.15) is 0 Å². The van der Waals surface area contributed by atoms with Crippen LogP contribution in [0, 0.1) is 24.7 Å². The minimum Gasteiger partial charge on any atom is -0.481 e. The minimum atomic E-state index is -1.46. The van der Waals surface area contributed by atoms with E-state index in [4.69, 9.17) is 15.8 Å². The molecule has 2 aliphatic carbocycles. The molecular formula is C28H37ClN6O5S. The second-order valence-electron chi connectivity index (χ2n) is 11.1. The van der Waals surface area contributed by atoms with Crippen molar-refractivity contribution >= 4 is 63.8 Å². The molecule has 1 aromatic heterocycles. The number of nitrogens with one attached hydrogen (secondary N) is 2. The van der Waals surface area contributed by atoms with E-state index in [1.54, 1.807) is 11.3 Å². The van der Waals surface area contributed by atoms with Gasteiger partial charge in [-0.15, -0.1) is 23.7 Å². The first-order chi connectivity index (χ1) is 19.0. The van der Waals surface area contributed by atoms with Gasteiger partial charge in [-0.3, -0.25) is 9.59 Å². The largest absolute Gasteiger partial charge is 0.481 e. The van der Waals surface area contributed by atoms with Crippen molar-refractivity contribution in [3.05, 3.63) is 40.8 Å². The SMILES string of the molecule is C[C@H](N)C(=O)N[C@@]1(C(=O)O)CC[C@H]2[C@H](C(=O)O)[C@H]21.Cc1cc2c(s1)Nc1ccccc1N=C2N1CCN(C)CC1.Cl. The van der Waals surface area contributed by atoms with Crippen molar-refractivity contribution in [1.82, 2.24) is 15.1 Å². The van der Waals surface area contributed by atoms with E-state index in [0.717, 1.165) is 43.4 Å². The van der Waals surface area contributed by atoms with Crippen LogP contribution in [0.2, 0.25) is 0 Å². The highest BCUT2D eigenvalue weighted by molar-refractivity contribution is 7.16. The van der Waals surface area contributed by atoms with Gasteiger partial charge < -0.3 is 36.4 Å². The van der Waals surface area contributed by atoms with Crippen LogP contribution < -0.4 is 16.4 Å². The number of rotatable bonds is 4. The summed E-state index contributed by atoms with van der Waals surface area (Å²) in [6.45, 7) is 7.87. The molecule has 1 amide bonds. The summed E-state index contributed by atoms with van der Waals surface area (Å²) in [6, 6.07) is 9.74. The summed E-state index contributed by atoms with van der Waals surface area (Å²) in [6.07, 6.45) is 0.771. The van der Waals surface area contributed by atoms with Gasteiger partial charge in [0, 0.05) is 37.0 Å². The predicted octanol–water partition coefficient (Wildman–Crippen LogP) is 2.87. The summed E-state index contributed by atoms with van der Waals surface area (Å²) in [7, 11) is 2.18. The summed E-state index contributed by atoms with van der Waals surface area (Å²) in [5, 5.41) is 25.5. The molecule has 41 heavy (non-hydrogen) atoms. The molecule has 2 saturated carbocycles. The monoisotopic (exact) mass is 604 g/mol. The number of hydrogen-bond acceptors (Lipinski definition) is 9. The van der Waals surface area contributed by atoms with E-state index in [1.807, 2.05) is 0 Å². The highest BCUT2D eigenvalue weighted by atomic mass is 35.5. The van der Waals surface area contributed by atoms with E-state index < -0.39 is 41.3 Å². The first kappa shape index (κ1) is 30.8. The van der Waals surface area contributed by atoms with Crippen LogP contribution in [0.1, 0.15) is 30.2 Å². The molecular weight excluding hydrogens is 568 g/mol. The normalized spacial score (nSPS) is 26.7. The van der Waals surface area contributed by atoms with Crippen molar-refractivity contribution in [2.24, 2.45) is 28.5 Å². The van der Waals surface area contributed by atoms with Gasteiger partial charge in [-0.1, -0.05) is 12.1 Å². The van der Waals surface area contributed by atoms with Crippen molar-refractivity contribution in [2.45, 2.75) is 38.3 Å². The van der Waals surface area contributed by atoms with Crippen molar-refractivity contribution in [3.63, 3.8) is 0 Å². The van der Waals surface area contributed by atoms with Crippen LogP contribution in [-0.4, -0.2) is 88.5 Å². The number of aliphatic carboxylic acids is 2. The second-order valence-corrected chi connectivity index (χ2v) is 12.4. The number of piperazine rings is 1. The second kappa shape index (κ2) is 12.0. The maximum atomic E-state index is 11.6. The number of thiophene rings is 1. The third kappa shape index (κ3) is 5.92. The number of halogens is 1. The Labute approximate surface area is 249 Å². The highest BCUT2D eigenvalue weighted by Crippen LogP contribution is 2.62. The lowest BCUT2D eigenvalue weighted by Crippen LogP contribution is -2.58. The number of likely N-dealkylation sites (N-methyl/N-ethyl adjacent to an activating group) is 1. The van der Waals surface area contributed by atoms with Crippen LogP contribution in [0.4, 0.5) is 16.4 Å². The average Bonchev–Trinajstić information content (AvgIpc) is 3.43. The third-order valence-corrected chi connectivity index (χ3v) is 9.28. The lowest BCUT2D eigenvalue weighted by atomic mass is 9.90. The number of amidine groups is 1. The van der Waals surface area contributed by atoms with Crippen LogP contribution in [-0.2, 0) is 14.4 Å². The van der Waals surface area contributed by atoms with Crippen LogP contribution in [0.25, 0.3) is 0 Å².